The Labute approximate surface area is 446 Å². The normalized spacial score (nSPS) is 14.6. The standard InChI is InChI=1S/C59H76FN5O11/c1-10-13-38(3)55-45(52(67)33-41-17-19-44(14-11-2)62-57(41)69)15-12-16-49(55)64-54(68)21-23-72-25-27-74-29-30-75-28-26-73-24-22-61-58(70)50-35-46(51(37-66)63-50)48(36-65(8)9)47-34-42(59(6,7)71)18-20-53(47)76-56-39(4)31-43(60)32-40(56)5/h12-16,18,20,31-32,34-37,41,63,71H,10-11,17,19,21-30,33H2,1-9H3,(H,61,70)(H,62,69)(H,64,68)/b38-13+,44-14-,48-36+. The number of aliphatic hydroxyl groups is 1. The van der Waals surface area contributed by atoms with E-state index in [1.165, 1.54) is 12.1 Å². The molecule has 17 heteroatoms. The zero-order chi connectivity index (χ0) is 55.4. The van der Waals surface area contributed by atoms with Crippen molar-refractivity contribution < 1.29 is 57.2 Å². The smallest absolute Gasteiger partial charge is 0.267 e. The number of amides is 3. The van der Waals surface area contributed by atoms with Gasteiger partial charge in [0.1, 0.15) is 23.0 Å². The van der Waals surface area contributed by atoms with Crippen LogP contribution in [0, 0.1) is 25.6 Å². The highest BCUT2D eigenvalue weighted by Crippen LogP contribution is 2.40. The van der Waals surface area contributed by atoms with E-state index in [2.05, 4.69) is 20.9 Å². The molecule has 0 aliphatic carbocycles. The second-order valence-corrected chi connectivity index (χ2v) is 19.4. The van der Waals surface area contributed by atoms with Gasteiger partial charge in [0.05, 0.1) is 70.6 Å². The Kier molecular flexibility index (Phi) is 23.3. The van der Waals surface area contributed by atoms with Crippen LogP contribution in [0.4, 0.5) is 10.1 Å². The molecule has 1 aliphatic heterocycles. The summed E-state index contributed by atoms with van der Waals surface area (Å²) in [6, 6.07) is 14.9. The fourth-order valence-electron chi connectivity index (χ4n) is 8.73. The van der Waals surface area contributed by atoms with Crippen molar-refractivity contribution in [1.82, 2.24) is 20.5 Å². The summed E-state index contributed by atoms with van der Waals surface area (Å²) in [5, 5.41) is 19.7. The fraction of sp³-hybridized carbons (Fsp3) is 0.441. The lowest BCUT2D eigenvalue weighted by Gasteiger charge is -2.24. The molecule has 0 saturated carbocycles. The maximum Gasteiger partial charge on any atom is 0.267 e. The largest absolute Gasteiger partial charge is 0.456 e. The van der Waals surface area contributed by atoms with Gasteiger partial charge in [0.25, 0.3) is 5.91 Å². The summed E-state index contributed by atoms with van der Waals surface area (Å²) in [5.41, 5.74) is 5.75. The van der Waals surface area contributed by atoms with E-state index in [9.17, 15) is 33.5 Å². The number of aromatic amines is 1. The van der Waals surface area contributed by atoms with Crippen LogP contribution in [0.25, 0.3) is 11.1 Å². The van der Waals surface area contributed by atoms with Gasteiger partial charge in [0, 0.05) is 78.4 Å². The van der Waals surface area contributed by atoms with Gasteiger partial charge in [0.15, 0.2) is 12.1 Å². The van der Waals surface area contributed by atoms with Crippen LogP contribution >= 0.6 is 0 Å². The lowest BCUT2D eigenvalue weighted by atomic mass is 9.87. The van der Waals surface area contributed by atoms with Crippen LogP contribution in [0.3, 0.4) is 0 Å². The number of ketones is 1. The van der Waals surface area contributed by atoms with E-state index in [0.29, 0.717) is 101 Å². The third-order valence-electron chi connectivity index (χ3n) is 12.5. The molecular formula is C59H76FN5O11. The quantitative estimate of drug-likeness (QED) is 0.0188. The number of anilines is 1. The number of ether oxygens (including phenoxy) is 5. The summed E-state index contributed by atoms with van der Waals surface area (Å²) in [4.78, 5) is 70.1. The third kappa shape index (κ3) is 17.7. The summed E-state index contributed by atoms with van der Waals surface area (Å²) in [5.74, 6) is -0.929. The first-order chi connectivity index (χ1) is 36.3. The van der Waals surface area contributed by atoms with Crippen LogP contribution < -0.4 is 20.7 Å². The van der Waals surface area contributed by atoms with E-state index in [1.54, 1.807) is 81.3 Å². The van der Waals surface area contributed by atoms with E-state index >= 15 is 0 Å². The van der Waals surface area contributed by atoms with Crippen molar-refractivity contribution in [2.45, 2.75) is 92.6 Å². The second-order valence-electron chi connectivity index (χ2n) is 19.4. The number of piperidine rings is 1. The summed E-state index contributed by atoms with van der Waals surface area (Å²) in [6.45, 7) is 15.1. The number of carbonyl (C=O) groups is 5. The molecule has 5 N–H and O–H groups in total. The predicted molar refractivity (Wildman–Crippen MR) is 292 cm³/mol. The Hall–Kier alpha value is -6.76. The Morgan fingerprint density at radius 3 is 2.13 bits per heavy atom. The molecule has 0 spiro atoms. The lowest BCUT2D eigenvalue weighted by molar-refractivity contribution is -0.125. The molecule has 1 unspecified atom stereocenters. The SMILES string of the molecule is CC/C=C1/CCC(CC(=O)c2cccc(NC(=O)CCOCCOCCOCCOCCNC(=O)c3cc(/C(=C\N(C)C)c4cc(C(C)(C)O)ccc4Oc4c(C)cc(F)cc4C)c(C=O)[nH]3)c2/C(C)=C/CC)C(=O)N1. The van der Waals surface area contributed by atoms with Crippen LogP contribution in [0.15, 0.2) is 78.6 Å². The Morgan fingerprint density at radius 1 is 0.868 bits per heavy atom. The maximum absolute atomic E-state index is 14.2. The molecule has 1 fully saturated rings. The molecule has 0 bridgehead atoms. The summed E-state index contributed by atoms with van der Waals surface area (Å²) < 4.78 is 43.2. The van der Waals surface area contributed by atoms with Gasteiger partial charge in [-0.1, -0.05) is 44.2 Å². The van der Waals surface area contributed by atoms with Gasteiger partial charge >= 0.3 is 0 Å². The Balaban J connectivity index is 1.01. The van der Waals surface area contributed by atoms with Crippen molar-refractivity contribution in [3.63, 3.8) is 0 Å². The number of hydrogen-bond donors (Lipinski definition) is 5. The van der Waals surface area contributed by atoms with Gasteiger partial charge in [-0.25, -0.2) is 4.39 Å². The van der Waals surface area contributed by atoms with E-state index in [1.807, 2.05) is 47.0 Å². The summed E-state index contributed by atoms with van der Waals surface area (Å²) >= 11 is 0. The van der Waals surface area contributed by atoms with E-state index in [0.717, 1.165) is 30.5 Å². The number of allylic oxidation sites excluding steroid dienone is 4. The molecule has 410 valence electrons. The molecule has 3 aromatic carbocycles. The van der Waals surface area contributed by atoms with Crippen LogP contribution in [-0.2, 0) is 34.1 Å². The lowest BCUT2D eigenvalue weighted by Crippen LogP contribution is -2.36. The van der Waals surface area contributed by atoms with E-state index in [-0.39, 0.29) is 80.6 Å². The molecule has 1 aliphatic rings. The number of benzene rings is 3. The van der Waals surface area contributed by atoms with Crippen LogP contribution in [0.5, 0.6) is 11.5 Å². The van der Waals surface area contributed by atoms with Gasteiger partial charge in [-0.2, -0.15) is 0 Å². The molecule has 16 nitrogen and oxygen atoms in total. The highest BCUT2D eigenvalue weighted by atomic mass is 19.1. The summed E-state index contributed by atoms with van der Waals surface area (Å²) in [7, 11) is 3.64. The molecule has 1 aromatic heterocycles. The van der Waals surface area contributed by atoms with Gasteiger partial charge in [-0.15, -0.1) is 0 Å². The number of aryl methyl sites for hydroxylation is 2. The van der Waals surface area contributed by atoms with Crippen LogP contribution in [0.1, 0.15) is 138 Å². The van der Waals surface area contributed by atoms with Crippen molar-refractivity contribution in [2.75, 3.05) is 78.8 Å². The number of H-pyrrole nitrogens is 1. The molecule has 3 amide bonds. The Morgan fingerprint density at radius 2 is 1.53 bits per heavy atom. The van der Waals surface area contributed by atoms with Gasteiger partial charge < -0.3 is 54.6 Å². The van der Waals surface area contributed by atoms with Gasteiger partial charge in [-0.3, -0.25) is 24.0 Å². The maximum atomic E-state index is 14.2. The molecule has 1 atom stereocenters. The van der Waals surface area contributed by atoms with Gasteiger partial charge in [-0.05, 0) is 119 Å². The number of nitrogens with zero attached hydrogens (tertiary/aromatic N) is 1. The van der Waals surface area contributed by atoms with Crippen molar-refractivity contribution in [3.05, 3.63) is 135 Å². The average molecular weight is 1050 g/mol. The topological polar surface area (TPSA) is 207 Å². The molecule has 2 heterocycles. The molecule has 5 rings (SSSR count). The minimum Gasteiger partial charge on any atom is -0.456 e. The third-order valence-corrected chi connectivity index (χ3v) is 12.5. The first-order valence-corrected chi connectivity index (χ1v) is 26.0. The minimum absolute atomic E-state index is 0.0877. The van der Waals surface area contributed by atoms with Crippen molar-refractivity contribution in [1.29, 1.82) is 0 Å². The van der Waals surface area contributed by atoms with E-state index < -0.39 is 17.4 Å². The fourth-order valence-corrected chi connectivity index (χ4v) is 8.73. The predicted octanol–water partition coefficient (Wildman–Crippen LogP) is 9.58. The van der Waals surface area contributed by atoms with Crippen molar-refractivity contribution in [2.24, 2.45) is 5.92 Å². The molecular weight excluding hydrogens is 974 g/mol. The Bertz CT molecular complexity index is 2730. The van der Waals surface area contributed by atoms with Crippen molar-refractivity contribution >= 4 is 46.6 Å². The average Bonchev–Trinajstić information content (AvgIpc) is 3.80. The highest BCUT2D eigenvalue weighted by molar-refractivity contribution is 6.06. The van der Waals surface area contributed by atoms with Crippen LogP contribution in [0.2, 0.25) is 0 Å². The minimum atomic E-state index is -1.23. The number of hydrogen-bond acceptors (Lipinski definition) is 12. The number of halogens is 1. The number of aromatic nitrogens is 1. The number of nitrogens with one attached hydrogen (secondary N) is 4. The monoisotopic (exact) mass is 1050 g/mol. The number of aldehydes is 1. The highest BCUT2D eigenvalue weighted by Gasteiger charge is 2.29. The van der Waals surface area contributed by atoms with Crippen molar-refractivity contribution in [3.8, 4) is 11.5 Å². The van der Waals surface area contributed by atoms with Crippen LogP contribution in [-0.4, -0.2) is 118 Å². The zero-order valence-corrected chi connectivity index (χ0v) is 45.5. The first-order valence-electron chi connectivity index (χ1n) is 26.0. The van der Waals surface area contributed by atoms with Gasteiger partial charge in [0.2, 0.25) is 11.8 Å². The number of rotatable bonds is 30. The number of carbonyl (C=O) groups excluding carboxylic acids is 5. The molecule has 0 radical (unpaired) electrons. The number of Topliss-reactive ketones (excluding diaryl/α,β-unsaturated/α-hetero) is 1. The molecule has 1 saturated heterocycles. The first kappa shape index (κ1) is 60.1. The van der Waals surface area contributed by atoms with E-state index in [4.69, 9.17) is 23.7 Å². The summed E-state index contributed by atoms with van der Waals surface area (Å²) in [6.07, 6.45) is 9.53. The molecule has 76 heavy (non-hydrogen) atoms. The zero-order valence-electron chi connectivity index (χ0n) is 45.5. The molecule has 4 aromatic rings. The second kappa shape index (κ2) is 29.5.